The van der Waals surface area contributed by atoms with Gasteiger partial charge >= 0.3 is 6.16 Å². The normalized spacial score (nSPS) is 12.0. The standard InChI is InChI=1S/C18H17NO4/c19-9-4-10-21-18(20)23-22-12-14-6-3-8-16-15-7-2-1-5-13(15)11-17(14)16/h1-9H,10-12,19H2. The Morgan fingerprint density at radius 1 is 1.13 bits per heavy atom. The zero-order chi connectivity index (χ0) is 16.1. The zero-order valence-corrected chi connectivity index (χ0v) is 12.5. The summed E-state index contributed by atoms with van der Waals surface area (Å²) in [5, 5.41) is 0. The summed E-state index contributed by atoms with van der Waals surface area (Å²) in [4.78, 5) is 20.9. The number of hydrogen-bond donors (Lipinski definition) is 1. The van der Waals surface area contributed by atoms with Crippen LogP contribution in [0.4, 0.5) is 4.79 Å². The van der Waals surface area contributed by atoms with E-state index in [0.29, 0.717) is 0 Å². The number of nitrogens with two attached hydrogens (primary N) is 1. The summed E-state index contributed by atoms with van der Waals surface area (Å²) in [5.74, 6) is 0. The third-order valence-electron chi connectivity index (χ3n) is 3.72. The van der Waals surface area contributed by atoms with Crippen LogP contribution in [-0.2, 0) is 27.5 Å². The quantitative estimate of drug-likeness (QED) is 0.444. The molecule has 118 valence electrons. The van der Waals surface area contributed by atoms with E-state index < -0.39 is 6.16 Å². The highest BCUT2D eigenvalue weighted by molar-refractivity contribution is 5.77. The molecule has 0 radical (unpaired) electrons. The van der Waals surface area contributed by atoms with Crippen molar-refractivity contribution >= 4 is 6.16 Å². The lowest BCUT2D eigenvalue weighted by atomic mass is 10.0. The third kappa shape index (κ3) is 3.35. The number of hydrogen-bond acceptors (Lipinski definition) is 5. The molecule has 5 heteroatoms. The molecule has 5 nitrogen and oxygen atoms in total. The summed E-state index contributed by atoms with van der Waals surface area (Å²) in [6, 6.07) is 14.4. The number of fused-ring (bicyclic) bond motifs is 3. The van der Waals surface area contributed by atoms with Crippen molar-refractivity contribution in [1.82, 2.24) is 0 Å². The molecule has 2 aromatic rings. The molecule has 0 atom stereocenters. The van der Waals surface area contributed by atoms with Crippen LogP contribution in [0, 0.1) is 0 Å². The maximum atomic E-state index is 11.3. The van der Waals surface area contributed by atoms with Gasteiger partial charge in [0.2, 0.25) is 0 Å². The number of carbonyl (C=O) groups is 1. The van der Waals surface area contributed by atoms with Crippen LogP contribution < -0.4 is 5.73 Å². The van der Waals surface area contributed by atoms with Gasteiger partial charge in [-0.1, -0.05) is 42.5 Å². The average molecular weight is 311 g/mol. The lowest BCUT2D eigenvalue weighted by Gasteiger charge is -2.08. The molecule has 2 N–H and O–H groups in total. The number of rotatable bonds is 5. The largest absolute Gasteiger partial charge is 0.540 e. The van der Waals surface area contributed by atoms with Gasteiger partial charge in [-0.15, -0.1) is 0 Å². The molecular weight excluding hydrogens is 294 g/mol. The number of ether oxygens (including phenoxy) is 1. The second-order valence-electron chi connectivity index (χ2n) is 5.11. The first-order valence-electron chi connectivity index (χ1n) is 7.31. The van der Waals surface area contributed by atoms with Gasteiger partial charge in [0.15, 0.2) is 0 Å². The van der Waals surface area contributed by atoms with E-state index in [2.05, 4.69) is 23.1 Å². The second kappa shape index (κ2) is 6.98. The SMILES string of the molecule is NC=CCOC(=O)OOCc1cccc2c1Cc1ccccc1-2. The molecule has 1 aliphatic rings. The lowest BCUT2D eigenvalue weighted by Crippen LogP contribution is -2.09. The predicted molar refractivity (Wildman–Crippen MR) is 85.2 cm³/mol. The average Bonchev–Trinajstić information content (AvgIpc) is 2.95. The van der Waals surface area contributed by atoms with Crippen LogP contribution in [0.3, 0.4) is 0 Å². The van der Waals surface area contributed by atoms with Gasteiger partial charge in [0, 0.05) is 0 Å². The summed E-state index contributed by atoms with van der Waals surface area (Å²) >= 11 is 0. The maximum absolute atomic E-state index is 11.3. The van der Waals surface area contributed by atoms with Crippen molar-refractivity contribution < 1.29 is 19.3 Å². The Hall–Kier alpha value is -2.79. The molecule has 1 aliphatic carbocycles. The van der Waals surface area contributed by atoms with E-state index in [4.69, 9.17) is 15.4 Å². The van der Waals surface area contributed by atoms with Gasteiger partial charge in [0.1, 0.15) is 13.2 Å². The van der Waals surface area contributed by atoms with Gasteiger partial charge in [0.05, 0.1) is 0 Å². The molecule has 3 rings (SSSR count). The van der Waals surface area contributed by atoms with E-state index in [9.17, 15) is 4.79 Å². The highest BCUT2D eigenvalue weighted by Crippen LogP contribution is 2.38. The van der Waals surface area contributed by atoms with Crippen LogP contribution >= 0.6 is 0 Å². The van der Waals surface area contributed by atoms with E-state index in [1.807, 2.05) is 24.3 Å². The van der Waals surface area contributed by atoms with Crippen molar-refractivity contribution in [2.24, 2.45) is 5.73 Å². The molecule has 23 heavy (non-hydrogen) atoms. The Labute approximate surface area is 134 Å². The van der Waals surface area contributed by atoms with Crippen molar-refractivity contribution in [2.75, 3.05) is 6.61 Å². The van der Waals surface area contributed by atoms with E-state index in [0.717, 1.165) is 12.0 Å². The molecule has 0 unspecified atom stereocenters. The molecule has 0 saturated carbocycles. The van der Waals surface area contributed by atoms with Crippen LogP contribution in [0.1, 0.15) is 16.7 Å². The highest BCUT2D eigenvalue weighted by Gasteiger charge is 2.20. The molecule has 0 aromatic heterocycles. The van der Waals surface area contributed by atoms with Crippen molar-refractivity contribution in [3.05, 3.63) is 71.4 Å². The Morgan fingerprint density at radius 3 is 2.83 bits per heavy atom. The highest BCUT2D eigenvalue weighted by atomic mass is 17.2. The minimum Gasteiger partial charge on any atom is -0.428 e. The van der Waals surface area contributed by atoms with E-state index in [-0.39, 0.29) is 13.2 Å². The van der Waals surface area contributed by atoms with Crippen LogP contribution in [-0.4, -0.2) is 12.8 Å². The fourth-order valence-electron chi connectivity index (χ4n) is 2.70. The smallest absolute Gasteiger partial charge is 0.428 e. The van der Waals surface area contributed by atoms with Gasteiger partial charge < -0.3 is 10.5 Å². The molecule has 0 fully saturated rings. The minimum atomic E-state index is -0.890. The molecule has 2 aromatic carbocycles. The molecule has 0 aliphatic heterocycles. The molecular formula is C18H17NO4. The van der Waals surface area contributed by atoms with Crippen molar-refractivity contribution in [3.8, 4) is 11.1 Å². The van der Waals surface area contributed by atoms with Crippen LogP contribution in [0.2, 0.25) is 0 Å². The molecule has 0 saturated heterocycles. The topological polar surface area (TPSA) is 70.8 Å². The molecule has 0 heterocycles. The van der Waals surface area contributed by atoms with Gasteiger partial charge in [0.25, 0.3) is 0 Å². The van der Waals surface area contributed by atoms with Crippen LogP contribution in [0.5, 0.6) is 0 Å². The van der Waals surface area contributed by atoms with Crippen molar-refractivity contribution in [1.29, 1.82) is 0 Å². The number of carbonyl (C=O) groups excluding carboxylic acids is 1. The molecule has 0 bridgehead atoms. The molecule has 0 amide bonds. The van der Waals surface area contributed by atoms with E-state index in [1.54, 1.807) is 0 Å². The third-order valence-corrected chi connectivity index (χ3v) is 3.72. The van der Waals surface area contributed by atoms with Gasteiger partial charge in [-0.25, -0.2) is 4.79 Å². The minimum absolute atomic E-state index is 0.0503. The zero-order valence-electron chi connectivity index (χ0n) is 12.5. The Kier molecular flexibility index (Phi) is 4.59. The summed E-state index contributed by atoms with van der Waals surface area (Å²) in [6.45, 7) is 0.230. The van der Waals surface area contributed by atoms with Crippen LogP contribution in [0.15, 0.2) is 54.7 Å². The first-order valence-corrected chi connectivity index (χ1v) is 7.31. The van der Waals surface area contributed by atoms with E-state index >= 15 is 0 Å². The summed E-state index contributed by atoms with van der Waals surface area (Å²) in [5.41, 5.74) is 11.1. The fourth-order valence-corrected chi connectivity index (χ4v) is 2.70. The monoisotopic (exact) mass is 311 g/mol. The van der Waals surface area contributed by atoms with Gasteiger partial charge in [-0.3, -0.25) is 4.89 Å². The Bertz CT molecular complexity index is 740. The first-order chi connectivity index (χ1) is 11.3. The van der Waals surface area contributed by atoms with Gasteiger partial charge in [-0.05, 0) is 46.5 Å². The first kappa shape index (κ1) is 15.1. The Balaban J connectivity index is 1.62. The predicted octanol–water partition coefficient (Wildman–Crippen LogP) is 3.32. The van der Waals surface area contributed by atoms with Gasteiger partial charge in [-0.2, -0.15) is 4.89 Å². The molecule has 0 spiro atoms. The summed E-state index contributed by atoms with van der Waals surface area (Å²) < 4.78 is 4.71. The van der Waals surface area contributed by atoms with Crippen LogP contribution in [0.25, 0.3) is 11.1 Å². The van der Waals surface area contributed by atoms with E-state index in [1.165, 1.54) is 34.5 Å². The maximum Gasteiger partial charge on any atom is 0.540 e. The summed E-state index contributed by atoms with van der Waals surface area (Å²) in [7, 11) is 0. The second-order valence-corrected chi connectivity index (χ2v) is 5.11. The Morgan fingerprint density at radius 2 is 1.96 bits per heavy atom. The fraction of sp³-hybridized carbons (Fsp3) is 0.167. The van der Waals surface area contributed by atoms with Crippen molar-refractivity contribution in [2.45, 2.75) is 13.0 Å². The lowest BCUT2D eigenvalue weighted by molar-refractivity contribution is -0.263. The summed E-state index contributed by atoms with van der Waals surface area (Å²) in [6.07, 6.45) is 2.75. The van der Waals surface area contributed by atoms with Crippen molar-refractivity contribution in [3.63, 3.8) is 0 Å². The number of benzene rings is 2.